The van der Waals surface area contributed by atoms with Gasteiger partial charge in [-0.05, 0) is 44.5 Å². The van der Waals surface area contributed by atoms with E-state index in [0.29, 0.717) is 0 Å². The van der Waals surface area contributed by atoms with Crippen molar-refractivity contribution in [2.24, 2.45) is 0 Å². The molecule has 3 amide bonds. The SMILES string of the molecule is CC(C)(C)OC(=O)Nc1ccc(F)cc1NC(=O)CNC(=O)Cc1ccccc1. The molecule has 0 radical (unpaired) electrons. The minimum Gasteiger partial charge on any atom is -0.444 e. The Bertz CT molecular complexity index is 879. The first-order chi connectivity index (χ1) is 13.6. The Morgan fingerprint density at radius 2 is 1.62 bits per heavy atom. The lowest BCUT2D eigenvalue weighted by Crippen LogP contribution is -2.34. The molecule has 0 aliphatic rings. The van der Waals surface area contributed by atoms with Gasteiger partial charge >= 0.3 is 6.09 Å². The number of rotatable bonds is 6. The van der Waals surface area contributed by atoms with Crippen molar-refractivity contribution >= 4 is 29.3 Å². The molecule has 7 nitrogen and oxygen atoms in total. The Morgan fingerprint density at radius 1 is 0.931 bits per heavy atom. The molecule has 154 valence electrons. The van der Waals surface area contributed by atoms with Crippen LogP contribution in [-0.4, -0.2) is 30.1 Å². The van der Waals surface area contributed by atoms with E-state index in [-0.39, 0.29) is 30.2 Å². The molecule has 0 fully saturated rings. The van der Waals surface area contributed by atoms with Crippen LogP contribution in [0, 0.1) is 5.82 Å². The first-order valence-electron chi connectivity index (χ1n) is 9.02. The van der Waals surface area contributed by atoms with Crippen molar-refractivity contribution in [3.05, 3.63) is 59.9 Å². The fourth-order valence-corrected chi connectivity index (χ4v) is 2.36. The van der Waals surface area contributed by atoms with E-state index in [1.54, 1.807) is 32.9 Å². The Hall–Kier alpha value is -3.42. The van der Waals surface area contributed by atoms with Gasteiger partial charge in [-0.2, -0.15) is 0 Å². The molecule has 0 saturated heterocycles. The molecule has 0 aromatic heterocycles. The van der Waals surface area contributed by atoms with Crippen LogP contribution in [0.5, 0.6) is 0 Å². The molecule has 8 heteroatoms. The molecule has 3 N–H and O–H groups in total. The van der Waals surface area contributed by atoms with E-state index < -0.39 is 23.4 Å². The van der Waals surface area contributed by atoms with Gasteiger partial charge in [0.15, 0.2) is 0 Å². The fraction of sp³-hybridized carbons (Fsp3) is 0.286. The second-order valence-electron chi connectivity index (χ2n) is 7.30. The number of hydrogen-bond donors (Lipinski definition) is 3. The highest BCUT2D eigenvalue weighted by atomic mass is 19.1. The second kappa shape index (κ2) is 9.68. The van der Waals surface area contributed by atoms with Crippen molar-refractivity contribution in [3.63, 3.8) is 0 Å². The van der Waals surface area contributed by atoms with Crippen molar-refractivity contribution in [3.8, 4) is 0 Å². The van der Waals surface area contributed by atoms with E-state index in [1.165, 1.54) is 6.07 Å². The molecule has 0 unspecified atom stereocenters. The minimum atomic E-state index is -0.740. The summed E-state index contributed by atoms with van der Waals surface area (Å²) in [6.45, 7) is 4.82. The summed E-state index contributed by atoms with van der Waals surface area (Å²) in [5.74, 6) is -1.48. The van der Waals surface area contributed by atoms with Gasteiger partial charge in [0.25, 0.3) is 0 Å². The lowest BCUT2D eigenvalue weighted by molar-refractivity contribution is -0.123. The molecule has 0 spiro atoms. The predicted molar refractivity (Wildman–Crippen MR) is 108 cm³/mol. The third-order valence-electron chi connectivity index (χ3n) is 3.54. The number of benzene rings is 2. The Kier molecular flexibility index (Phi) is 7.30. The van der Waals surface area contributed by atoms with Crippen molar-refractivity contribution in [2.45, 2.75) is 32.8 Å². The van der Waals surface area contributed by atoms with Crippen molar-refractivity contribution in [1.29, 1.82) is 0 Å². The smallest absolute Gasteiger partial charge is 0.412 e. The monoisotopic (exact) mass is 401 g/mol. The zero-order chi connectivity index (χ0) is 21.4. The van der Waals surface area contributed by atoms with Crippen LogP contribution in [0.4, 0.5) is 20.6 Å². The quantitative estimate of drug-likeness (QED) is 0.691. The summed E-state index contributed by atoms with van der Waals surface area (Å²) < 4.78 is 18.8. The maximum Gasteiger partial charge on any atom is 0.412 e. The average Bonchev–Trinajstić information content (AvgIpc) is 2.61. The summed E-state index contributed by atoms with van der Waals surface area (Å²) in [6.07, 6.45) is -0.602. The molecular weight excluding hydrogens is 377 g/mol. The van der Waals surface area contributed by atoms with Crippen LogP contribution in [-0.2, 0) is 20.7 Å². The largest absolute Gasteiger partial charge is 0.444 e. The van der Waals surface area contributed by atoms with Gasteiger partial charge in [-0.25, -0.2) is 9.18 Å². The molecule has 0 heterocycles. The molecule has 0 bridgehead atoms. The molecule has 2 aromatic carbocycles. The van der Waals surface area contributed by atoms with Gasteiger partial charge in [0.05, 0.1) is 24.3 Å². The summed E-state index contributed by atoms with van der Waals surface area (Å²) in [5.41, 5.74) is 0.332. The minimum absolute atomic E-state index is 0.0539. The fourth-order valence-electron chi connectivity index (χ4n) is 2.36. The van der Waals surface area contributed by atoms with E-state index in [1.807, 2.05) is 18.2 Å². The number of carbonyl (C=O) groups is 3. The Balaban J connectivity index is 1.94. The summed E-state index contributed by atoms with van der Waals surface area (Å²) in [4.78, 5) is 36.0. The maximum atomic E-state index is 13.6. The van der Waals surface area contributed by atoms with Gasteiger partial charge in [0, 0.05) is 0 Å². The molecule has 2 rings (SSSR count). The average molecular weight is 401 g/mol. The van der Waals surface area contributed by atoms with Gasteiger partial charge in [-0.1, -0.05) is 30.3 Å². The van der Waals surface area contributed by atoms with Crippen LogP contribution in [0.25, 0.3) is 0 Å². The second-order valence-corrected chi connectivity index (χ2v) is 7.30. The van der Waals surface area contributed by atoms with Gasteiger partial charge in [0.1, 0.15) is 11.4 Å². The number of ether oxygens (including phenoxy) is 1. The highest BCUT2D eigenvalue weighted by molar-refractivity contribution is 5.99. The highest BCUT2D eigenvalue weighted by Gasteiger charge is 2.18. The number of halogens is 1. The van der Waals surface area contributed by atoms with Gasteiger partial charge in [-0.3, -0.25) is 14.9 Å². The standard InChI is InChI=1S/C21H24FN3O4/c1-21(2,3)29-20(28)25-16-10-9-15(22)12-17(16)24-19(27)13-23-18(26)11-14-7-5-4-6-8-14/h4-10,12H,11,13H2,1-3H3,(H,23,26)(H,24,27)(H,25,28). The van der Waals surface area contributed by atoms with Gasteiger partial charge in [0.2, 0.25) is 11.8 Å². The Labute approximate surface area is 168 Å². The number of hydrogen-bond acceptors (Lipinski definition) is 4. The van der Waals surface area contributed by atoms with Crippen molar-refractivity contribution in [2.75, 3.05) is 17.2 Å². The van der Waals surface area contributed by atoms with Crippen molar-refractivity contribution in [1.82, 2.24) is 5.32 Å². The lowest BCUT2D eigenvalue weighted by Gasteiger charge is -2.20. The first-order valence-corrected chi connectivity index (χ1v) is 9.02. The molecule has 2 aromatic rings. The molecule has 0 saturated carbocycles. The molecular formula is C21H24FN3O4. The van der Waals surface area contributed by atoms with Crippen LogP contribution < -0.4 is 16.0 Å². The van der Waals surface area contributed by atoms with Crippen molar-refractivity contribution < 1.29 is 23.5 Å². The van der Waals surface area contributed by atoms with E-state index in [2.05, 4.69) is 16.0 Å². The zero-order valence-electron chi connectivity index (χ0n) is 16.5. The molecule has 29 heavy (non-hydrogen) atoms. The molecule has 0 aliphatic heterocycles. The Morgan fingerprint density at radius 3 is 2.28 bits per heavy atom. The van der Waals surface area contributed by atoms with Gasteiger partial charge < -0.3 is 15.4 Å². The van der Waals surface area contributed by atoms with Crippen LogP contribution in [0.1, 0.15) is 26.3 Å². The zero-order valence-corrected chi connectivity index (χ0v) is 16.5. The summed E-state index contributed by atoms with van der Waals surface area (Å²) >= 11 is 0. The first kappa shape index (κ1) is 21.9. The lowest BCUT2D eigenvalue weighted by atomic mass is 10.1. The van der Waals surface area contributed by atoms with Gasteiger partial charge in [-0.15, -0.1) is 0 Å². The molecule has 0 atom stereocenters. The van der Waals surface area contributed by atoms with Crippen LogP contribution >= 0.6 is 0 Å². The third-order valence-corrected chi connectivity index (χ3v) is 3.54. The number of anilines is 2. The van der Waals surface area contributed by atoms with E-state index in [0.717, 1.165) is 17.7 Å². The topological polar surface area (TPSA) is 96.5 Å². The van der Waals surface area contributed by atoms with E-state index >= 15 is 0 Å². The summed E-state index contributed by atoms with van der Waals surface area (Å²) in [6, 6.07) is 12.6. The maximum absolute atomic E-state index is 13.6. The predicted octanol–water partition coefficient (Wildman–Crippen LogP) is 3.47. The van der Waals surface area contributed by atoms with E-state index in [4.69, 9.17) is 4.74 Å². The summed E-state index contributed by atoms with van der Waals surface area (Å²) in [7, 11) is 0. The highest BCUT2D eigenvalue weighted by Crippen LogP contribution is 2.23. The number of nitrogens with one attached hydrogen (secondary N) is 3. The number of carbonyl (C=O) groups excluding carboxylic acids is 3. The third kappa shape index (κ3) is 8.00. The molecule has 0 aliphatic carbocycles. The number of amides is 3. The van der Waals surface area contributed by atoms with Crippen LogP contribution in [0.2, 0.25) is 0 Å². The summed E-state index contributed by atoms with van der Waals surface area (Å²) in [5, 5.41) is 7.44. The van der Waals surface area contributed by atoms with Crippen LogP contribution in [0.15, 0.2) is 48.5 Å². The normalized spacial score (nSPS) is 10.8. The van der Waals surface area contributed by atoms with Crippen LogP contribution in [0.3, 0.4) is 0 Å². The van der Waals surface area contributed by atoms with E-state index in [9.17, 15) is 18.8 Å².